The maximum Gasteiger partial charge on any atom is 0.231 e. The monoisotopic (exact) mass is 303 g/mol. The molecule has 0 radical (unpaired) electrons. The van der Waals surface area contributed by atoms with Crippen LogP contribution in [0.5, 0.6) is 11.5 Å². The molecule has 2 atom stereocenters. The van der Waals surface area contributed by atoms with Crippen molar-refractivity contribution in [1.82, 2.24) is 5.32 Å². The van der Waals surface area contributed by atoms with Gasteiger partial charge in [0.15, 0.2) is 11.5 Å². The lowest BCUT2D eigenvalue weighted by atomic mass is 10.1. The Morgan fingerprint density at radius 2 is 1.90 bits per heavy atom. The molecule has 2 aromatic carbocycles. The van der Waals surface area contributed by atoms with Crippen molar-refractivity contribution in [1.29, 1.82) is 0 Å². The van der Waals surface area contributed by atoms with E-state index in [9.17, 15) is 4.21 Å². The molecule has 1 aliphatic rings. The Morgan fingerprint density at radius 1 is 1.14 bits per heavy atom. The average molecular weight is 303 g/mol. The van der Waals surface area contributed by atoms with E-state index in [2.05, 4.69) is 5.32 Å². The summed E-state index contributed by atoms with van der Waals surface area (Å²) in [6.45, 7) is 0.263. The van der Waals surface area contributed by atoms with Gasteiger partial charge in [0.2, 0.25) is 6.79 Å². The molecule has 0 amide bonds. The van der Waals surface area contributed by atoms with Gasteiger partial charge in [-0.15, -0.1) is 0 Å². The summed E-state index contributed by atoms with van der Waals surface area (Å²) in [5, 5.41) is 3.22. The van der Waals surface area contributed by atoms with Crippen molar-refractivity contribution in [2.75, 3.05) is 19.6 Å². The molecular formula is C16H17NO3S. The number of benzene rings is 2. The van der Waals surface area contributed by atoms with Crippen LogP contribution in [0, 0.1) is 0 Å². The van der Waals surface area contributed by atoms with Gasteiger partial charge in [-0.3, -0.25) is 4.21 Å². The lowest BCUT2D eigenvalue weighted by molar-refractivity contribution is 0.174. The molecule has 2 aromatic rings. The smallest absolute Gasteiger partial charge is 0.231 e. The zero-order chi connectivity index (χ0) is 14.7. The number of ether oxygens (including phenoxy) is 2. The van der Waals surface area contributed by atoms with Crippen molar-refractivity contribution in [2.45, 2.75) is 10.9 Å². The summed E-state index contributed by atoms with van der Waals surface area (Å²) in [5.74, 6) is 2.02. The highest BCUT2D eigenvalue weighted by atomic mass is 32.2. The number of hydrogen-bond acceptors (Lipinski definition) is 4. The van der Waals surface area contributed by atoms with Crippen molar-refractivity contribution < 1.29 is 13.7 Å². The first-order valence-corrected chi connectivity index (χ1v) is 8.10. The molecule has 4 nitrogen and oxygen atoms in total. The van der Waals surface area contributed by atoms with Gasteiger partial charge in [-0.1, -0.05) is 24.3 Å². The fourth-order valence-electron chi connectivity index (χ4n) is 2.30. The molecule has 0 saturated heterocycles. The van der Waals surface area contributed by atoms with Gasteiger partial charge in [0.25, 0.3) is 0 Å². The number of rotatable bonds is 5. The van der Waals surface area contributed by atoms with Gasteiger partial charge in [0, 0.05) is 16.7 Å². The van der Waals surface area contributed by atoms with Crippen LogP contribution in [0.1, 0.15) is 11.6 Å². The van der Waals surface area contributed by atoms with E-state index in [-0.39, 0.29) is 12.8 Å². The van der Waals surface area contributed by atoms with E-state index < -0.39 is 10.8 Å². The van der Waals surface area contributed by atoms with Crippen molar-refractivity contribution in [3.63, 3.8) is 0 Å². The van der Waals surface area contributed by atoms with Gasteiger partial charge < -0.3 is 14.8 Å². The topological polar surface area (TPSA) is 47.6 Å². The Kier molecular flexibility index (Phi) is 4.22. The highest BCUT2D eigenvalue weighted by molar-refractivity contribution is 7.85. The molecule has 1 aliphatic heterocycles. The zero-order valence-corrected chi connectivity index (χ0v) is 12.6. The van der Waals surface area contributed by atoms with Gasteiger partial charge >= 0.3 is 0 Å². The maximum absolute atomic E-state index is 12.4. The molecule has 0 fully saturated rings. The van der Waals surface area contributed by atoms with E-state index in [1.54, 1.807) is 0 Å². The Balaban J connectivity index is 1.78. The minimum absolute atomic E-state index is 0.000499. The standard InChI is InChI=1S/C16H17NO3S/c1-17-14(10-21(18)13-5-3-2-4-6-13)12-7-8-15-16(9-12)20-11-19-15/h2-9,14,17H,10-11H2,1H3. The lowest BCUT2D eigenvalue weighted by Crippen LogP contribution is -2.22. The number of hydrogen-bond donors (Lipinski definition) is 1. The predicted octanol–water partition coefficient (Wildman–Crippen LogP) is 2.48. The first kappa shape index (κ1) is 14.1. The normalized spacial score (nSPS) is 15.7. The molecule has 110 valence electrons. The van der Waals surface area contributed by atoms with Gasteiger partial charge in [-0.2, -0.15) is 0 Å². The van der Waals surface area contributed by atoms with Crippen LogP contribution in [0.25, 0.3) is 0 Å². The minimum Gasteiger partial charge on any atom is -0.454 e. The van der Waals surface area contributed by atoms with Crippen molar-refractivity contribution >= 4 is 10.8 Å². The Morgan fingerprint density at radius 3 is 2.67 bits per heavy atom. The molecule has 0 saturated carbocycles. The maximum atomic E-state index is 12.4. The van der Waals surface area contributed by atoms with E-state index in [1.165, 1.54) is 0 Å². The summed E-state index contributed by atoms with van der Waals surface area (Å²) in [7, 11) is 0.826. The van der Waals surface area contributed by atoms with E-state index in [0.717, 1.165) is 22.0 Å². The van der Waals surface area contributed by atoms with Crippen LogP contribution < -0.4 is 14.8 Å². The third kappa shape index (κ3) is 3.09. The van der Waals surface area contributed by atoms with E-state index in [0.29, 0.717) is 5.75 Å². The van der Waals surface area contributed by atoms with Crippen molar-refractivity contribution in [3.05, 3.63) is 54.1 Å². The molecule has 0 bridgehead atoms. The molecule has 21 heavy (non-hydrogen) atoms. The highest BCUT2D eigenvalue weighted by Crippen LogP contribution is 2.34. The molecular weight excluding hydrogens is 286 g/mol. The second-order valence-electron chi connectivity index (χ2n) is 4.78. The second kappa shape index (κ2) is 6.28. The summed E-state index contributed by atoms with van der Waals surface area (Å²) in [5.41, 5.74) is 1.05. The lowest BCUT2D eigenvalue weighted by Gasteiger charge is -2.16. The SMILES string of the molecule is CNC(CS(=O)c1ccccc1)c1ccc2c(c1)OCO2. The van der Waals surface area contributed by atoms with Gasteiger partial charge in [0.1, 0.15) is 0 Å². The first-order valence-electron chi connectivity index (χ1n) is 6.78. The quantitative estimate of drug-likeness (QED) is 0.922. The summed E-state index contributed by atoms with van der Waals surface area (Å²) >= 11 is 0. The molecule has 2 unspecified atom stereocenters. The van der Waals surface area contributed by atoms with Crippen LogP contribution in [0.3, 0.4) is 0 Å². The zero-order valence-electron chi connectivity index (χ0n) is 11.7. The Labute approximate surface area is 126 Å². The largest absolute Gasteiger partial charge is 0.454 e. The Bertz CT molecular complexity index is 645. The predicted molar refractivity (Wildman–Crippen MR) is 82.1 cm³/mol. The van der Waals surface area contributed by atoms with Crippen LogP contribution in [-0.2, 0) is 10.8 Å². The average Bonchev–Trinajstić information content (AvgIpc) is 3.00. The van der Waals surface area contributed by atoms with Crippen molar-refractivity contribution in [3.8, 4) is 11.5 Å². The van der Waals surface area contributed by atoms with E-state index >= 15 is 0 Å². The molecule has 5 heteroatoms. The Hall–Kier alpha value is -1.85. The molecule has 0 aromatic heterocycles. The summed E-state index contributed by atoms with van der Waals surface area (Å²) < 4.78 is 23.1. The van der Waals surface area contributed by atoms with Crippen LogP contribution in [0.15, 0.2) is 53.4 Å². The molecule has 1 heterocycles. The van der Waals surface area contributed by atoms with Crippen LogP contribution >= 0.6 is 0 Å². The first-order chi connectivity index (χ1) is 10.3. The fourth-order valence-corrected chi connectivity index (χ4v) is 3.61. The fraction of sp³-hybridized carbons (Fsp3) is 0.250. The second-order valence-corrected chi connectivity index (χ2v) is 6.27. The van der Waals surface area contributed by atoms with Crippen molar-refractivity contribution in [2.24, 2.45) is 0 Å². The third-order valence-corrected chi connectivity index (χ3v) is 4.91. The molecule has 1 N–H and O–H groups in total. The third-order valence-electron chi connectivity index (χ3n) is 3.47. The summed E-state index contributed by atoms with van der Waals surface area (Å²) in [6.07, 6.45) is 0. The number of nitrogens with one attached hydrogen (secondary N) is 1. The molecule has 0 spiro atoms. The highest BCUT2D eigenvalue weighted by Gasteiger charge is 2.19. The summed E-state index contributed by atoms with van der Waals surface area (Å²) in [6, 6.07) is 15.3. The van der Waals surface area contributed by atoms with Crippen LogP contribution in [0.4, 0.5) is 0 Å². The van der Waals surface area contributed by atoms with Crippen LogP contribution in [-0.4, -0.2) is 23.8 Å². The summed E-state index contributed by atoms with van der Waals surface area (Å²) in [4.78, 5) is 0.846. The van der Waals surface area contributed by atoms with Crippen LogP contribution in [0.2, 0.25) is 0 Å². The number of fused-ring (bicyclic) bond motifs is 1. The molecule has 0 aliphatic carbocycles. The minimum atomic E-state index is -1.05. The van der Waals surface area contributed by atoms with E-state index in [1.807, 2.05) is 55.6 Å². The van der Waals surface area contributed by atoms with E-state index in [4.69, 9.17) is 9.47 Å². The molecule has 3 rings (SSSR count). The van der Waals surface area contributed by atoms with Gasteiger partial charge in [0.05, 0.1) is 10.8 Å². The van der Waals surface area contributed by atoms with Gasteiger partial charge in [-0.05, 0) is 36.9 Å². The van der Waals surface area contributed by atoms with Gasteiger partial charge in [-0.25, -0.2) is 0 Å².